The van der Waals surface area contributed by atoms with Crippen molar-refractivity contribution in [1.82, 2.24) is 0 Å². The lowest BCUT2D eigenvalue weighted by Crippen LogP contribution is -1.87. The van der Waals surface area contributed by atoms with Crippen molar-refractivity contribution >= 4 is 0 Å². The van der Waals surface area contributed by atoms with Crippen molar-refractivity contribution < 1.29 is 0 Å². The van der Waals surface area contributed by atoms with Crippen LogP contribution < -0.4 is 0 Å². The monoisotopic (exact) mass is 212 g/mol. The van der Waals surface area contributed by atoms with Gasteiger partial charge >= 0.3 is 0 Å². The van der Waals surface area contributed by atoms with Crippen LogP contribution in [0.3, 0.4) is 0 Å². The summed E-state index contributed by atoms with van der Waals surface area (Å²) in [5.41, 5.74) is 4.07. The van der Waals surface area contributed by atoms with Crippen LogP contribution >= 0.6 is 0 Å². The summed E-state index contributed by atoms with van der Waals surface area (Å²) in [5, 5.41) is 0. The number of benzene rings is 1. The van der Waals surface area contributed by atoms with Crippen LogP contribution in [0.15, 0.2) is 66.3 Å². The van der Waals surface area contributed by atoms with Gasteiger partial charge in [-0.05, 0) is 37.8 Å². The normalized spacial score (nSPS) is 11.0. The van der Waals surface area contributed by atoms with Crippen molar-refractivity contribution in [3.63, 3.8) is 0 Å². The average molecular weight is 212 g/mol. The lowest BCUT2D eigenvalue weighted by Gasteiger charge is -2.03. The molecular weight excluding hydrogens is 192 g/mol. The van der Waals surface area contributed by atoms with E-state index in [1.807, 2.05) is 6.08 Å². The lowest BCUT2D eigenvalue weighted by atomic mass is 10.0. The predicted octanol–water partition coefficient (Wildman–Crippen LogP) is 4.70. The highest BCUT2D eigenvalue weighted by Crippen LogP contribution is 2.12. The zero-order chi connectivity index (χ0) is 11.8. The molecule has 0 heterocycles. The Kier molecular flexibility index (Phi) is 5.35. The number of hydrogen-bond acceptors (Lipinski definition) is 0. The van der Waals surface area contributed by atoms with Crippen LogP contribution in [0.5, 0.6) is 0 Å². The van der Waals surface area contributed by atoms with Gasteiger partial charge in [0.1, 0.15) is 0 Å². The molecule has 0 saturated carbocycles. The maximum absolute atomic E-state index is 3.76. The predicted molar refractivity (Wildman–Crippen MR) is 72.5 cm³/mol. The fourth-order valence-electron chi connectivity index (χ4n) is 1.66. The van der Waals surface area contributed by atoms with Crippen LogP contribution in [0.4, 0.5) is 0 Å². The Balaban J connectivity index is 2.61. The van der Waals surface area contributed by atoms with Gasteiger partial charge in [-0.1, -0.05) is 60.7 Å². The van der Waals surface area contributed by atoms with Gasteiger partial charge in [0, 0.05) is 0 Å². The number of hydrogen-bond donors (Lipinski definition) is 0. The molecule has 0 aliphatic heterocycles. The molecular formula is C16H20. The largest absolute Gasteiger partial charge is 0.0991 e. The third-order valence-electron chi connectivity index (χ3n) is 2.35. The first-order chi connectivity index (χ1) is 7.72. The molecule has 0 atom stereocenters. The molecule has 0 unspecified atom stereocenters. The Labute approximate surface area is 99.0 Å². The minimum Gasteiger partial charge on any atom is -0.0991 e. The molecule has 16 heavy (non-hydrogen) atoms. The molecule has 0 aromatic heterocycles. The Morgan fingerprint density at radius 1 is 1.19 bits per heavy atom. The Hall–Kier alpha value is -1.56. The van der Waals surface area contributed by atoms with Gasteiger partial charge in [0.15, 0.2) is 0 Å². The van der Waals surface area contributed by atoms with Gasteiger partial charge in [0.05, 0.1) is 0 Å². The van der Waals surface area contributed by atoms with Crippen molar-refractivity contribution in [2.24, 2.45) is 0 Å². The molecule has 0 N–H and O–H groups in total. The molecule has 0 spiro atoms. The van der Waals surface area contributed by atoms with Gasteiger partial charge in [-0.2, -0.15) is 0 Å². The van der Waals surface area contributed by atoms with E-state index in [-0.39, 0.29) is 0 Å². The minimum atomic E-state index is 1.07. The second-order valence-corrected chi connectivity index (χ2v) is 4.18. The molecule has 0 heteroatoms. The molecule has 84 valence electrons. The van der Waals surface area contributed by atoms with E-state index in [0.717, 1.165) is 12.8 Å². The van der Waals surface area contributed by atoms with Crippen LogP contribution in [-0.2, 0) is 6.42 Å². The summed E-state index contributed by atoms with van der Waals surface area (Å²) in [4.78, 5) is 0. The fourth-order valence-corrected chi connectivity index (χ4v) is 1.66. The molecule has 0 amide bonds. The summed E-state index contributed by atoms with van der Waals surface area (Å²) in [6.07, 6.45) is 8.34. The Morgan fingerprint density at radius 3 is 2.44 bits per heavy atom. The summed E-state index contributed by atoms with van der Waals surface area (Å²) < 4.78 is 0. The highest BCUT2D eigenvalue weighted by atomic mass is 14.0. The third kappa shape index (κ3) is 4.79. The molecule has 0 aliphatic rings. The van der Waals surface area contributed by atoms with E-state index in [1.165, 1.54) is 16.7 Å². The van der Waals surface area contributed by atoms with Crippen LogP contribution in [-0.4, -0.2) is 0 Å². The summed E-state index contributed by atoms with van der Waals surface area (Å²) in [7, 11) is 0. The summed E-state index contributed by atoms with van der Waals surface area (Å²) >= 11 is 0. The van der Waals surface area contributed by atoms with Crippen LogP contribution in [0.25, 0.3) is 0 Å². The maximum atomic E-state index is 3.76. The first kappa shape index (κ1) is 12.5. The molecule has 0 bridgehead atoms. The second kappa shape index (κ2) is 6.84. The molecule has 0 aliphatic carbocycles. The zero-order valence-corrected chi connectivity index (χ0v) is 10.2. The summed E-state index contributed by atoms with van der Waals surface area (Å²) in [6.45, 7) is 8.01. The molecule has 0 saturated heterocycles. The van der Waals surface area contributed by atoms with Gasteiger partial charge in [-0.15, -0.1) is 0 Å². The Morgan fingerprint density at radius 2 is 1.88 bits per heavy atom. The van der Waals surface area contributed by atoms with Gasteiger partial charge in [-0.3, -0.25) is 0 Å². The molecule has 0 nitrogen and oxygen atoms in total. The molecule has 1 aromatic carbocycles. The van der Waals surface area contributed by atoms with Crippen molar-refractivity contribution in [1.29, 1.82) is 0 Å². The van der Waals surface area contributed by atoms with Crippen molar-refractivity contribution in [2.45, 2.75) is 26.7 Å². The van der Waals surface area contributed by atoms with Crippen LogP contribution in [0.2, 0.25) is 0 Å². The van der Waals surface area contributed by atoms with E-state index < -0.39 is 0 Å². The number of allylic oxidation sites excluding steroid dienone is 5. The van der Waals surface area contributed by atoms with Crippen molar-refractivity contribution in [2.75, 3.05) is 0 Å². The summed E-state index contributed by atoms with van der Waals surface area (Å²) in [6, 6.07) is 10.6. The van der Waals surface area contributed by atoms with Gasteiger partial charge in [-0.25, -0.2) is 0 Å². The quantitative estimate of drug-likeness (QED) is 0.621. The standard InChI is InChI=1S/C16H20/c1-4-8-16(13-14(2)3)12-11-15-9-6-5-7-10-15/h4-10,13H,1,11-12H2,2-3H3. The van der Waals surface area contributed by atoms with Crippen LogP contribution in [0, 0.1) is 0 Å². The molecule has 0 radical (unpaired) electrons. The lowest BCUT2D eigenvalue weighted by molar-refractivity contribution is 0.962. The van der Waals surface area contributed by atoms with E-state index in [0.29, 0.717) is 0 Å². The zero-order valence-electron chi connectivity index (χ0n) is 10.2. The topological polar surface area (TPSA) is 0 Å². The van der Waals surface area contributed by atoms with E-state index >= 15 is 0 Å². The SMILES string of the molecule is C=CC=C(C=C(C)C)CCc1ccccc1. The fraction of sp³-hybridized carbons (Fsp3) is 0.250. The van der Waals surface area contributed by atoms with Crippen molar-refractivity contribution in [3.05, 3.63) is 71.8 Å². The van der Waals surface area contributed by atoms with Crippen molar-refractivity contribution in [3.8, 4) is 0 Å². The number of aryl methyl sites for hydroxylation is 1. The van der Waals surface area contributed by atoms with E-state index in [2.05, 4.69) is 62.9 Å². The molecule has 1 aromatic rings. The summed E-state index contributed by atoms with van der Waals surface area (Å²) in [5.74, 6) is 0. The van der Waals surface area contributed by atoms with E-state index in [9.17, 15) is 0 Å². The Bertz CT molecular complexity index is 376. The smallest absolute Gasteiger partial charge is 0.0238 e. The van der Waals surface area contributed by atoms with E-state index in [1.54, 1.807) is 0 Å². The molecule has 1 rings (SSSR count). The van der Waals surface area contributed by atoms with Gasteiger partial charge in [0.25, 0.3) is 0 Å². The van der Waals surface area contributed by atoms with E-state index in [4.69, 9.17) is 0 Å². The average Bonchev–Trinajstić information content (AvgIpc) is 2.27. The third-order valence-corrected chi connectivity index (χ3v) is 2.35. The highest BCUT2D eigenvalue weighted by molar-refractivity contribution is 5.27. The highest BCUT2D eigenvalue weighted by Gasteiger charge is 1.95. The second-order valence-electron chi connectivity index (χ2n) is 4.18. The van der Waals surface area contributed by atoms with Gasteiger partial charge < -0.3 is 0 Å². The molecule has 0 fully saturated rings. The minimum absolute atomic E-state index is 1.07. The maximum Gasteiger partial charge on any atom is -0.0238 e. The number of rotatable bonds is 5. The van der Waals surface area contributed by atoms with Gasteiger partial charge in [0.2, 0.25) is 0 Å². The first-order valence-electron chi connectivity index (χ1n) is 5.73. The van der Waals surface area contributed by atoms with Crippen LogP contribution in [0.1, 0.15) is 25.8 Å². The first-order valence-corrected chi connectivity index (χ1v) is 5.73.